The van der Waals surface area contributed by atoms with Crippen LogP contribution in [0.5, 0.6) is 0 Å². The van der Waals surface area contributed by atoms with Gasteiger partial charge in [0, 0.05) is 28.2 Å². The Morgan fingerprint density at radius 1 is 1.08 bits per heavy atom. The summed E-state index contributed by atoms with van der Waals surface area (Å²) in [5.74, 6) is -0.249. The SMILES string of the molecule is CNC(=O)c1ccc(N(Cc2c(Cl)cccc2Cl)S(C)(=O)=O)cc1. The zero-order valence-corrected chi connectivity index (χ0v) is 15.4. The van der Waals surface area contributed by atoms with E-state index in [2.05, 4.69) is 5.32 Å². The van der Waals surface area contributed by atoms with Crippen LogP contribution < -0.4 is 9.62 Å². The molecule has 8 heteroatoms. The molecule has 0 heterocycles. The molecule has 0 aromatic heterocycles. The van der Waals surface area contributed by atoms with Gasteiger partial charge < -0.3 is 5.32 Å². The number of carbonyl (C=O) groups excluding carboxylic acids is 1. The summed E-state index contributed by atoms with van der Waals surface area (Å²) in [5.41, 5.74) is 1.37. The molecule has 2 aromatic carbocycles. The molecule has 5 nitrogen and oxygen atoms in total. The smallest absolute Gasteiger partial charge is 0.251 e. The summed E-state index contributed by atoms with van der Waals surface area (Å²) in [6.07, 6.45) is 1.10. The molecule has 0 aliphatic rings. The van der Waals surface area contributed by atoms with E-state index in [1.165, 1.54) is 11.4 Å². The number of sulfonamides is 1. The summed E-state index contributed by atoms with van der Waals surface area (Å²) in [6, 6.07) is 11.2. The number of nitrogens with zero attached hydrogens (tertiary/aromatic N) is 1. The Hall–Kier alpha value is -1.76. The number of rotatable bonds is 5. The van der Waals surface area contributed by atoms with Crippen molar-refractivity contribution in [2.24, 2.45) is 0 Å². The maximum atomic E-state index is 12.2. The number of halogens is 2. The van der Waals surface area contributed by atoms with Crippen molar-refractivity contribution in [1.82, 2.24) is 5.32 Å². The van der Waals surface area contributed by atoms with Gasteiger partial charge in [-0.05, 0) is 36.4 Å². The van der Waals surface area contributed by atoms with Gasteiger partial charge in [-0.3, -0.25) is 9.10 Å². The predicted octanol–water partition coefficient (Wildman–Crippen LogP) is 3.32. The maximum Gasteiger partial charge on any atom is 0.251 e. The standard InChI is InChI=1S/C16H16Cl2N2O3S/c1-19-16(21)11-6-8-12(9-7-11)20(24(2,22)23)10-13-14(17)4-3-5-15(13)18/h3-9H,10H2,1-2H3,(H,19,21). The van der Waals surface area contributed by atoms with E-state index in [0.717, 1.165) is 6.26 Å². The number of benzene rings is 2. The van der Waals surface area contributed by atoms with Gasteiger partial charge in [0.05, 0.1) is 18.5 Å². The molecule has 0 spiro atoms. The Morgan fingerprint density at radius 2 is 1.62 bits per heavy atom. The average Bonchev–Trinajstić information content (AvgIpc) is 2.53. The van der Waals surface area contributed by atoms with Crippen LogP contribution in [0.4, 0.5) is 5.69 Å². The highest BCUT2D eigenvalue weighted by Crippen LogP contribution is 2.29. The van der Waals surface area contributed by atoms with E-state index in [4.69, 9.17) is 23.2 Å². The third-order valence-corrected chi connectivity index (χ3v) is 5.26. The van der Waals surface area contributed by atoms with Crippen LogP contribution in [0, 0.1) is 0 Å². The zero-order chi connectivity index (χ0) is 17.9. The molecule has 0 bridgehead atoms. The molecular formula is C16H16Cl2N2O3S. The van der Waals surface area contributed by atoms with Crippen LogP contribution in [0.1, 0.15) is 15.9 Å². The lowest BCUT2D eigenvalue weighted by molar-refractivity contribution is 0.0963. The van der Waals surface area contributed by atoms with Crippen molar-refractivity contribution in [2.45, 2.75) is 6.54 Å². The minimum Gasteiger partial charge on any atom is -0.355 e. The van der Waals surface area contributed by atoms with Gasteiger partial charge in [0.2, 0.25) is 10.0 Å². The summed E-state index contributed by atoms with van der Waals surface area (Å²) < 4.78 is 25.6. The lowest BCUT2D eigenvalue weighted by Crippen LogP contribution is -2.29. The molecule has 1 amide bonds. The van der Waals surface area contributed by atoms with Gasteiger partial charge in [-0.15, -0.1) is 0 Å². The van der Waals surface area contributed by atoms with E-state index in [1.54, 1.807) is 42.5 Å². The first-order valence-corrected chi connectivity index (χ1v) is 9.57. The van der Waals surface area contributed by atoms with Crippen molar-refractivity contribution >= 4 is 44.8 Å². The Labute approximate surface area is 151 Å². The molecule has 0 saturated carbocycles. The average molecular weight is 387 g/mol. The van der Waals surface area contributed by atoms with Crippen LogP contribution in [0.25, 0.3) is 0 Å². The second-order valence-corrected chi connectivity index (χ2v) is 7.82. The highest BCUT2D eigenvalue weighted by Gasteiger charge is 2.20. The monoisotopic (exact) mass is 386 g/mol. The van der Waals surface area contributed by atoms with Crippen molar-refractivity contribution in [3.8, 4) is 0 Å². The molecule has 0 aliphatic heterocycles. The number of hydrogen-bond donors (Lipinski definition) is 1. The fourth-order valence-corrected chi connectivity index (χ4v) is 3.54. The van der Waals surface area contributed by atoms with Crippen molar-refractivity contribution in [3.05, 3.63) is 63.6 Å². The van der Waals surface area contributed by atoms with E-state index >= 15 is 0 Å². The molecule has 0 radical (unpaired) electrons. The third-order valence-electron chi connectivity index (χ3n) is 3.41. The summed E-state index contributed by atoms with van der Waals surface area (Å²) in [5, 5.41) is 3.28. The molecule has 2 aromatic rings. The molecule has 0 unspecified atom stereocenters. The van der Waals surface area contributed by atoms with E-state index in [1.807, 2.05) is 0 Å². The van der Waals surface area contributed by atoms with Crippen LogP contribution >= 0.6 is 23.2 Å². The topological polar surface area (TPSA) is 66.5 Å². The van der Waals surface area contributed by atoms with E-state index in [0.29, 0.717) is 26.9 Å². The first-order valence-electron chi connectivity index (χ1n) is 6.97. The largest absolute Gasteiger partial charge is 0.355 e. The predicted molar refractivity (Wildman–Crippen MR) is 97.3 cm³/mol. The molecule has 128 valence electrons. The van der Waals surface area contributed by atoms with Gasteiger partial charge in [-0.2, -0.15) is 0 Å². The van der Waals surface area contributed by atoms with Gasteiger partial charge >= 0.3 is 0 Å². The van der Waals surface area contributed by atoms with Crippen molar-refractivity contribution in [2.75, 3.05) is 17.6 Å². The molecule has 0 saturated heterocycles. The first-order chi connectivity index (χ1) is 11.2. The lowest BCUT2D eigenvalue weighted by Gasteiger charge is -2.23. The minimum absolute atomic E-state index is 0.00331. The lowest BCUT2D eigenvalue weighted by atomic mass is 10.1. The fourth-order valence-electron chi connectivity index (χ4n) is 2.15. The minimum atomic E-state index is -3.57. The van der Waals surface area contributed by atoms with Crippen LogP contribution in [0.3, 0.4) is 0 Å². The molecular weight excluding hydrogens is 371 g/mol. The molecule has 0 fully saturated rings. The van der Waals surface area contributed by atoms with E-state index in [9.17, 15) is 13.2 Å². The highest BCUT2D eigenvalue weighted by molar-refractivity contribution is 7.92. The molecule has 1 N–H and O–H groups in total. The van der Waals surface area contributed by atoms with Crippen LogP contribution in [-0.2, 0) is 16.6 Å². The number of anilines is 1. The number of nitrogens with one attached hydrogen (secondary N) is 1. The van der Waals surface area contributed by atoms with Crippen LogP contribution in [0.15, 0.2) is 42.5 Å². The van der Waals surface area contributed by atoms with Gasteiger partial charge in [0.15, 0.2) is 0 Å². The van der Waals surface area contributed by atoms with Gasteiger partial charge in [0.1, 0.15) is 0 Å². The Morgan fingerprint density at radius 3 is 2.08 bits per heavy atom. The van der Waals surface area contributed by atoms with Gasteiger partial charge in [0.25, 0.3) is 5.91 Å². The van der Waals surface area contributed by atoms with Crippen LogP contribution in [0.2, 0.25) is 10.0 Å². The first kappa shape index (κ1) is 18.6. The summed E-state index contributed by atoms with van der Waals surface area (Å²) in [4.78, 5) is 11.6. The molecule has 0 aliphatic carbocycles. The van der Waals surface area contributed by atoms with Crippen molar-refractivity contribution in [1.29, 1.82) is 0 Å². The highest BCUT2D eigenvalue weighted by atomic mass is 35.5. The Bertz CT molecular complexity index is 832. The normalized spacial score (nSPS) is 11.2. The van der Waals surface area contributed by atoms with Crippen molar-refractivity contribution < 1.29 is 13.2 Å². The van der Waals surface area contributed by atoms with Gasteiger partial charge in [-0.1, -0.05) is 29.3 Å². The molecule has 24 heavy (non-hydrogen) atoms. The van der Waals surface area contributed by atoms with Gasteiger partial charge in [-0.25, -0.2) is 8.42 Å². The fraction of sp³-hybridized carbons (Fsp3) is 0.188. The Kier molecular flexibility index (Phi) is 5.74. The zero-order valence-electron chi connectivity index (χ0n) is 13.1. The Balaban J connectivity index is 2.42. The molecule has 0 atom stereocenters. The van der Waals surface area contributed by atoms with E-state index in [-0.39, 0.29) is 12.5 Å². The maximum absolute atomic E-state index is 12.2. The quantitative estimate of drug-likeness (QED) is 0.856. The number of amides is 1. The number of hydrogen-bond acceptors (Lipinski definition) is 3. The summed E-state index contributed by atoms with van der Waals surface area (Å²) in [6.45, 7) is -0.00331. The summed E-state index contributed by atoms with van der Waals surface area (Å²) in [7, 11) is -2.05. The van der Waals surface area contributed by atoms with Crippen molar-refractivity contribution in [3.63, 3.8) is 0 Å². The third kappa shape index (κ3) is 4.20. The molecule has 2 rings (SSSR count). The van der Waals surface area contributed by atoms with Crippen LogP contribution in [-0.4, -0.2) is 27.6 Å². The second-order valence-electron chi connectivity index (χ2n) is 5.10. The second kappa shape index (κ2) is 7.42. The van der Waals surface area contributed by atoms with E-state index < -0.39 is 10.0 Å². The number of carbonyl (C=O) groups is 1. The summed E-state index contributed by atoms with van der Waals surface area (Å²) >= 11 is 12.3.